The Morgan fingerprint density at radius 2 is 2.18 bits per heavy atom. The van der Waals surface area contributed by atoms with Crippen LogP contribution in [0.25, 0.3) is 10.9 Å². The van der Waals surface area contributed by atoms with Crippen molar-refractivity contribution in [3.8, 4) is 5.75 Å². The van der Waals surface area contributed by atoms with Crippen molar-refractivity contribution in [1.29, 1.82) is 0 Å². The van der Waals surface area contributed by atoms with Crippen LogP contribution >= 0.6 is 15.9 Å². The Hall–Kier alpha value is -1.69. The summed E-state index contributed by atoms with van der Waals surface area (Å²) in [4.78, 5) is 14.6. The van der Waals surface area contributed by atoms with E-state index < -0.39 is 4.92 Å². The first kappa shape index (κ1) is 11.8. The van der Waals surface area contributed by atoms with Gasteiger partial charge in [0.1, 0.15) is 11.3 Å². The fraction of sp³-hybridized carbons (Fsp3) is 0.182. The molecule has 0 aliphatic rings. The number of ether oxygens (including phenoxy) is 1. The number of benzene rings is 1. The maximum atomic E-state index is 11.0. The quantitative estimate of drug-likeness (QED) is 0.630. The van der Waals surface area contributed by atoms with Gasteiger partial charge in [0.25, 0.3) is 5.69 Å². The van der Waals surface area contributed by atoms with Gasteiger partial charge in [-0.3, -0.25) is 10.1 Å². The minimum absolute atomic E-state index is 0.0555. The van der Waals surface area contributed by atoms with Crippen LogP contribution in [0.2, 0.25) is 0 Å². The van der Waals surface area contributed by atoms with Crippen LogP contribution in [0.3, 0.4) is 0 Å². The molecule has 2 rings (SSSR count). The number of aryl methyl sites for hydroxylation is 1. The second-order valence-corrected chi connectivity index (χ2v) is 4.37. The number of aromatic nitrogens is 1. The van der Waals surface area contributed by atoms with E-state index in [1.165, 1.54) is 13.2 Å². The average Bonchev–Trinajstić information content (AvgIpc) is 2.30. The zero-order valence-electron chi connectivity index (χ0n) is 9.23. The first-order chi connectivity index (χ1) is 8.04. The molecular weight excluding hydrogens is 288 g/mol. The van der Waals surface area contributed by atoms with Crippen LogP contribution in [0, 0.1) is 17.0 Å². The first-order valence-electron chi connectivity index (χ1n) is 4.82. The zero-order chi connectivity index (χ0) is 12.6. The molecule has 0 saturated heterocycles. The molecule has 0 bridgehead atoms. The van der Waals surface area contributed by atoms with E-state index in [1.807, 2.05) is 13.0 Å². The maximum absolute atomic E-state index is 11.0. The van der Waals surface area contributed by atoms with Crippen molar-refractivity contribution in [1.82, 2.24) is 4.98 Å². The third-order valence-corrected chi connectivity index (χ3v) is 3.22. The highest BCUT2D eigenvalue weighted by molar-refractivity contribution is 9.10. The largest absolute Gasteiger partial charge is 0.495 e. The Morgan fingerprint density at radius 3 is 2.76 bits per heavy atom. The summed E-state index contributed by atoms with van der Waals surface area (Å²) in [6.45, 7) is 1.88. The molecule has 88 valence electrons. The molecule has 0 fully saturated rings. The molecule has 5 nitrogen and oxygen atoms in total. The highest BCUT2D eigenvalue weighted by Gasteiger charge is 2.19. The van der Waals surface area contributed by atoms with E-state index in [-0.39, 0.29) is 5.69 Å². The molecule has 0 aliphatic carbocycles. The summed E-state index contributed by atoms with van der Waals surface area (Å²) in [5.74, 6) is 0.427. The number of hydrogen-bond donors (Lipinski definition) is 0. The van der Waals surface area contributed by atoms with E-state index in [1.54, 1.807) is 6.20 Å². The molecule has 0 saturated carbocycles. The number of nitrogens with zero attached hydrogens (tertiary/aromatic N) is 2. The lowest BCUT2D eigenvalue weighted by Gasteiger charge is -2.07. The van der Waals surface area contributed by atoms with E-state index in [2.05, 4.69) is 20.9 Å². The molecule has 0 amide bonds. The average molecular weight is 297 g/mol. The molecule has 1 heterocycles. The van der Waals surface area contributed by atoms with Gasteiger partial charge in [-0.15, -0.1) is 0 Å². The normalized spacial score (nSPS) is 10.5. The van der Waals surface area contributed by atoms with Crippen LogP contribution < -0.4 is 4.74 Å². The highest BCUT2D eigenvalue weighted by atomic mass is 79.9. The number of hydrogen-bond acceptors (Lipinski definition) is 4. The summed E-state index contributed by atoms with van der Waals surface area (Å²) >= 11 is 3.37. The van der Waals surface area contributed by atoms with E-state index in [9.17, 15) is 10.1 Å². The van der Waals surface area contributed by atoms with Crippen molar-refractivity contribution < 1.29 is 9.66 Å². The molecule has 6 heteroatoms. The Balaban J connectivity index is 2.92. The van der Waals surface area contributed by atoms with Gasteiger partial charge < -0.3 is 4.74 Å². The number of fused-ring (bicyclic) bond motifs is 1. The molecular formula is C11H9BrN2O3. The molecule has 0 atom stereocenters. The Kier molecular flexibility index (Phi) is 2.97. The lowest BCUT2D eigenvalue weighted by molar-refractivity contribution is -0.383. The molecule has 0 aliphatic heterocycles. The molecule has 1 aromatic carbocycles. The highest BCUT2D eigenvalue weighted by Crippen LogP contribution is 2.38. The van der Waals surface area contributed by atoms with E-state index >= 15 is 0 Å². The zero-order valence-corrected chi connectivity index (χ0v) is 10.8. The lowest BCUT2D eigenvalue weighted by Crippen LogP contribution is -1.95. The predicted octanol–water partition coefficient (Wildman–Crippen LogP) is 3.22. The van der Waals surface area contributed by atoms with E-state index in [4.69, 9.17) is 4.74 Å². The van der Waals surface area contributed by atoms with Gasteiger partial charge in [-0.1, -0.05) is 0 Å². The van der Waals surface area contributed by atoms with Gasteiger partial charge >= 0.3 is 0 Å². The molecule has 2 aromatic rings. The van der Waals surface area contributed by atoms with Crippen LogP contribution in [0.15, 0.2) is 22.8 Å². The van der Waals surface area contributed by atoms with Crippen molar-refractivity contribution in [3.05, 3.63) is 38.5 Å². The molecule has 0 radical (unpaired) electrons. The third-order valence-electron chi connectivity index (χ3n) is 2.40. The fourth-order valence-corrected chi connectivity index (χ4v) is 2.20. The van der Waals surface area contributed by atoms with Gasteiger partial charge in [0.2, 0.25) is 0 Å². The monoisotopic (exact) mass is 296 g/mol. The van der Waals surface area contributed by atoms with Crippen molar-refractivity contribution >= 4 is 32.5 Å². The van der Waals surface area contributed by atoms with Crippen molar-refractivity contribution in [2.75, 3.05) is 7.11 Å². The third kappa shape index (κ3) is 1.95. The van der Waals surface area contributed by atoms with E-state index in [0.717, 1.165) is 5.56 Å². The SMILES string of the molecule is COc1cc([N+](=O)[O-])c2ncc(C)cc2c1Br. The van der Waals surface area contributed by atoms with Gasteiger partial charge in [-0.2, -0.15) is 0 Å². The minimum atomic E-state index is -0.459. The number of rotatable bonds is 2. The van der Waals surface area contributed by atoms with Crippen LogP contribution in [0.1, 0.15) is 5.56 Å². The Labute approximate surface area is 106 Å². The molecule has 0 spiro atoms. The summed E-state index contributed by atoms with van der Waals surface area (Å²) in [6.07, 6.45) is 1.61. The summed E-state index contributed by atoms with van der Waals surface area (Å²) in [7, 11) is 1.47. The van der Waals surface area contributed by atoms with Gasteiger partial charge in [-0.05, 0) is 34.5 Å². The van der Waals surface area contributed by atoms with Crippen molar-refractivity contribution in [3.63, 3.8) is 0 Å². The number of halogens is 1. The number of nitro benzene ring substituents is 1. The van der Waals surface area contributed by atoms with Crippen molar-refractivity contribution in [2.24, 2.45) is 0 Å². The number of pyridine rings is 1. The smallest absolute Gasteiger partial charge is 0.299 e. The fourth-order valence-electron chi connectivity index (χ4n) is 1.62. The van der Waals surface area contributed by atoms with Gasteiger partial charge in [0.05, 0.1) is 22.6 Å². The maximum Gasteiger partial charge on any atom is 0.299 e. The summed E-state index contributed by atoms with van der Waals surface area (Å²) in [5, 5.41) is 11.7. The van der Waals surface area contributed by atoms with Gasteiger partial charge in [0, 0.05) is 11.6 Å². The van der Waals surface area contributed by atoms with Gasteiger partial charge in [0.15, 0.2) is 0 Å². The van der Waals surface area contributed by atoms with Crippen LogP contribution in [-0.4, -0.2) is 17.0 Å². The molecule has 17 heavy (non-hydrogen) atoms. The summed E-state index contributed by atoms with van der Waals surface area (Å²) in [6, 6.07) is 3.21. The van der Waals surface area contributed by atoms with Crippen LogP contribution in [0.5, 0.6) is 5.75 Å². The lowest BCUT2D eigenvalue weighted by atomic mass is 10.1. The molecule has 0 unspecified atom stereocenters. The van der Waals surface area contributed by atoms with Crippen molar-refractivity contribution in [2.45, 2.75) is 6.92 Å². The number of nitro groups is 1. The van der Waals surface area contributed by atoms with E-state index in [0.29, 0.717) is 21.1 Å². The van der Waals surface area contributed by atoms with Gasteiger partial charge in [-0.25, -0.2) is 4.98 Å². The van der Waals surface area contributed by atoms with Crippen LogP contribution in [0.4, 0.5) is 5.69 Å². The summed E-state index contributed by atoms with van der Waals surface area (Å²) in [5.41, 5.74) is 1.23. The predicted molar refractivity (Wildman–Crippen MR) is 67.4 cm³/mol. The van der Waals surface area contributed by atoms with Crippen LogP contribution in [-0.2, 0) is 0 Å². The second-order valence-electron chi connectivity index (χ2n) is 3.58. The molecule has 0 N–H and O–H groups in total. The minimum Gasteiger partial charge on any atom is -0.495 e. The standard InChI is InChI=1S/C11H9BrN2O3/c1-6-3-7-10(12)9(17-2)4-8(14(15)16)11(7)13-5-6/h3-5H,1-2H3. The Bertz CT molecular complexity index is 613. The number of non-ortho nitro benzene ring substituents is 1. The first-order valence-corrected chi connectivity index (χ1v) is 5.61. The second kappa shape index (κ2) is 4.29. The molecule has 1 aromatic heterocycles. The Morgan fingerprint density at radius 1 is 1.47 bits per heavy atom. The summed E-state index contributed by atoms with van der Waals surface area (Å²) < 4.78 is 5.78. The number of methoxy groups -OCH3 is 1. The topological polar surface area (TPSA) is 65.3 Å².